The van der Waals surface area contributed by atoms with E-state index in [0.717, 1.165) is 33.9 Å². The van der Waals surface area contributed by atoms with Crippen molar-refractivity contribution in [2.75, 3.05) is 14.2 Å². The fraction of sp³-hybridized carbons (Fsp3) is 0.154. The number of methoxy groups -OCH3 is 2. The Balaban J connectivity index is 1.63. The third kappa shape index (κ3) is 3.25. The maximum atomic E-state index is 6.42. The third-order valence-electron chi connectivity index (χ3n) is 5.65. The molecule has 0 saturated carbocycles. The van der Waals surface area contributed by atoms with Gasteiger partial charge in [-0.2, -0.15) is 0 Å². The van der Waals surface area contributed by atoms with Crippen LogP contribution in [0.3, 0.4) is 0 Å². The maximum Gasteiger partial charge on any atom is 0.177 e. The number of nitrogens with one attached hydrogen (secondary N) is 1. The summed E-state index contributed by atoms with van der Waals surface area (Å²) in [7, 11) is 3.36. The topological polar surface area (TPSA) is 39.7 Å². The summed E-state index contributed by atoms with van der Waals surface area (Å²) in [6, 6.07) is 28.8. The molecule has 0 spiro atoms. The van der Waals surface area contributed by atoms with E-state index < -0.39 is 0 Å². The van der Waals surface area contributed by atoms with Gasteiger partial charge in [-0.3, -0.25) is 5.32 Å². The molecule has 1 aliphatic rings. The van der Waals surface area contributed by atoms with Crippen molar-refractivity contribution in [1.82, 2.24) is 5.32 Å². The minimum atomic E-state index is -0.267. The normalized spacial score (nSPS) is 17.8. The van der Waals surface area contributed by atoms with E-state index >= 15 is 0 Å². The van der Waals surface area contributed by atoms with E-state index in [1.165, 1.54) is 10.8 Å². The third-order valence-corrected chi connectivity index (χ3v) is 5.65. The molecule has 0 radical (unpaired) electrons. The van der Waals surface area contributed by atoms with Gasteiger partial charge in [0.15, 0.2) is 6.23 Å². The molecule has 1 heterocycles. The van der Waals surface area contributed by atoms with Crippen molar-refractivity contribution >= 4 is 10.8 Å². The highest BCUT2D eigenvalue weighted by Crippen LogP contribution is 2.42. The molecule has 0 bridgehead atoms. The van der Waals surface area contributed by atoms with Gasteiger partial charge in [-0.05, 0) is 46.7 Å². The van der Waals surface area contributed by atoms with Gasteiger partial charge in [-0.1, -0.05) is 54.6 Å². The number of ether oxygens (including phenoxy) is 3. The summed E-state index contributed by atoms with van der Waals surface area (Å²) >= 11 is 0. The van der Waals surface area contributed by atoms with Crippen molar-refractivity contribution in [3.63, 3.8) is 0 Å². The Morgan fingerprint density at radius 3 is 2.00 bits per heavy atom. The lowest BCUT2D eigenvalue weighted by molar-refractivity contribution is 0.133. The molecule has 150 valence electrons. The second kappa shape index (κ2) is 7.73. The van der Waals surface area contributed by atoms with Gasteiger partial charge in [0.05, 0.1) is 20.3 Å². The molecule has 0 unspecified atom stereocenters. The molecule has 5 rings (SSSR count). The average molecular weight is 397 g/mol. The predicted octanol–water partition coefficient (Wildman–Crippen LogP) is 5.63. The molecule has 2 atom stereocenters. The van der Waals surface area contributed by atoms with E-state index in [9.17, 15) is 0 Å². The number of rotatable bonds is 4. The highest BCUT2D eigenvalue weighted by molar-refractivity contribution is 5.89. The van der Waals surface area contributed by atoms with E-state index in [-0.39, 0.29) is 12.3 Å². The second-order valence-electron chi connectivity index (χ2n) is 7.34. The summed E-state index contributed by atoms with van der Waals surface area (Å²) in [4.78, 5) is 0. The van der Waals surface area contributed by atoms with E-state index in [1.54, 1.807) is 14.2 Å². The Morgan fingerprint density at radius 1 is 0.700 bits per heavy atom. The molecule has 4 nitrogen and oxygen atoms in total. The lowest BCUT2D eigenvalue weighted by atomic mass is 9.91. The summed E-state index contributed by atoms with van der Waals surface area (Å²) in [5.74, 6) is 2.57. The van der Waals surface area contributed by atoms with Gasteiger partial charge in [-0.15, -0.1) is 0 Å². The van der Waals surface area contributed by atoms with Crippen LogP contribution in [0.5, 0.6) is 17.2 Å². The number of fused-ring (bicyclic) bond motifs is 3. The van der Waals surface area contributed by atoms with E-state index in [2.05, 4.69) is 53.8 Å². The molecule has 0 amide bonds. The molecule has 1 aliphatic heterocycles. The molecule has 0 fully saturated rings. The van der Waals surface area contributed by atoms with Crippen molar-refractivity contribution in [1.29, 1.82) is 0 Å². The molecule has 1 N–H and O–H groups in total. The molecular weight excluding hydrogens is 374 g/mol. The molecular formula is C26H23NO3. The Bertz CT molecular complexity index is 1170. The van der Waals surface area contributed by atoms with Gasteiger partial charge in [0.25, 0.3) is 0 Å². The Labute approximate surface area is 176 Å². The lowest BCUT2D eigenvalue weighted by Crippen LogP contribution is -2.35. The molecule has 30 heavy (non-hydrogen) atoms. The summed E-state index contributed by atoms with van der Waals surface area (Å²) in [6.45, 7) is 0. The molecule has 0 aliphatic carbocycles. The molecule has 0 aromatic heterocycles. The van der Waals surface area contributed by atoms with Crippen molar-refractivity contribution < 1.29 is 14.2 Å². The Hall–Kier alpha value is -3.50. The van der Waals surface area contributed by atoms with Crippen molar-refractivity contribution in [2.45, 2.75) is 12.3 Å². The zero-order chi connectivity index (χ0) is 20.5. The highest BCUT2D eigenvalue weighted by Gasteiger charge is 2.31. The molecule has 0 saturated heterocycles. The summed E-state index contributed by atoms with van der Waals surface area (Å²) in [6.07, 6.45) is -0.267. The van der Waals surface area contributed by atoms with Crippen LogP contribution in [0.2, 0.25) is 0 Å². The smallest absolute Gasteiger partial charge is 0.177 e. The minimum Gasteiger partial charge on any atom is -0.497 e. The van der Waals surface area contributed by atoms with Gasteiger partial charge >= 0.3 is 0 Å². The highest BCUT2D eigenvalue weighted by atomic mass is 16.5. The zero-order valence-electron chi connectivity index (χ0n) is 17.0. The number of hydrogen-bond donors (Lipinski definition) is 1. The van der Waals surface area contributed by atoms with E-state index in [4.69, 9.17) is 14.2 Å². The predicted molar refractivity (Wildman–Crippen MR) is 118 cm³/mol. The molecule has 4 aromatic carbocycles. The van der Waals surface area contributed by atoms with Crippen molar-refractivity contribution in [3.8, 4) is 17.2 Å². The minimum absolute atomic E-state index is 0.0159. The van der Waals surface area contributed by atoms with Crippen LogP contribution in [-0.4, -0.2) is 14.2 Å². The summed E-state index contributed by atoms with van der Waals surface area (Å²) in [5.41, 5.74) is 3.37. The molecule has 4 heteroatoms. The maximum absolute atomic E-state index is 6.42. The van der Waals surface area contributed by atoms with Gasteiger partial charge in [0.1, 0.15) is 17.2 Å². The Kier molecular flexibility index (Phi) is 4.77. The van der Waals surface area contributed by atoms with Gasteiger partial charge < -0.3 is 14.2 Å². The van der Waals surface area contributed by atoms with Crippen LogP contribution in [0.15, 0.2) is 84.9 Å². The SMILES string of the molecule is COc1ccc([C@H]2N[C@@H](c3ccc(OC)cc3)Oc3ccc4ccccc4c32)cc1. The summed E-state index contributed by atoms with van der Waals surface area (Å²) < 4.78 is 17.1. The van der Waals surface area contributed by atoms with Crippen LogP contribution in [-0.2, 0) is 0 Å². The largest absolute Gasteiger partial charge is 0.497 e. The van der Waals surface area contributed by atoms with Crippen LogP contribution in [0.1, 0.15) is 29.0 Å². The van der Waals surface area contributed by atoms with Gasteiger partial charge in [0, 0.05) is 11.1 Å². The zero-order valence-corrected chi connectivity index (χ0v) is 17.0. The first-order valence-electron chi connectivity index (χ1n) is 9.99. The molecule has 4 aromatic rings. The Morgan fingerprint density at radius 2 is 1.33 bits per heavy atom. The van der Waals surface area contributed by atoms with E-state index in [1.807, 2.05) is 36.4 Å². The van der Waals surface area contributed by atoms with Crippen molar-refractivity contribution in [3.05, 3.63) is 102 Å². The monoisotopic (exact) mass is 397 g/mol. The number of hydrogen-bond acceptors (Lipinski definition) is 4. The van der Waals surface area contributed by atoms with Crippen LogP contribution in [0.25, 0.3) is 10.8 Å². The first kappa shape index (κ1) is 18.5. The van der Waals surface area contributed by atoms with Crippen LogP contribution < -0.4 is 19.5 Å². The summed E-state index contributed by atoms with van der Waals surface area (Å²) in [5, 5.41) is 6.09. The van der Waals surface area contributed by atoms with Gasteiger partial charge in [0.2, 0.25) is 0 Å². The fourth-order valence-corrected chi connectivity index (χ4v) is 4.07. The quantitative estimate of drug-likeness (QED) is 0.485. The standard InChI is InChI=1S/C26H23NO3/c1-28-20-12-7-18(8-13-20)25-24-22-6-4-3-5-17(22)11-16-23(24)30-26(27-25)19-9-14-21(29-2)15-10-19/h3-16,25-27H,1-2H3/t25-,26-/m1/s1. The number of benzene rings is 4. The van der Waals surface area contributed by atoms with Crippen LogP contribution >= 0.6 is 0 Å². The van der Waals surface area contributed by atoms with Crippen molar-refractivity contribution in [2.24, 2.45) is 0 Å². The first-order chi connectivity index (χ1) is 14.8. The van der Waals surface area contributed by atoms with Gasteiger partial charge in [-0.25, -0.2) is 0 Å². The lowest BCUT2D eigenvalue weighted by Gasteiger charge is -2.35. The van der Waals surface area contributed by atoms with E-state index in [0.29, 0.717) is 0 Å². The van der Waals surface area contributed by atoms with Crippen LogP contribution in [0, 0.1) is 0 Å². The first-order valence-corrected chi connectivity index (χ1v) is 9.99. The van der Waals surface area contributed by atoms with Crippen LogP contribution in [0.4, 0.5) is 0 Å². The average Bonchev–Trinajstić information content (AvgIpc) is 2.83. The second-order valence-corrected chi connectivity index (χ2v) is 7.34. The fourth-order valence-electron chi connectivity index (χ4n) is 4.07.